The number of halogens is 3. The molecule has 0 fully saturated rings. The Bertz CT molecular complexity index is 750. The zero-order valence-corrected chi connectivity index (χ0v) is 13.8. The number of ether oxygens (including phenoxy) is 2. The van der Waals surface area contributed by atoms with Crippen LogP contribution in [0, 0.1) is 5.82 Å². The van der Waals surface area contributed by atoms with Gasteiger partial charge in [0.15, 0.2) is 0 Å². The van der Waals surface area contributed by atoms with E-state index in [0.717, 1.165) is 5.56 Å². The van der Waals surface area contributed by atoms with E-state index >= 15 is 0 Å². The number of aryl methyl sites for hydroxylation is 1. The van der Waals surface area contributed by atoms with E-state index in [9.17, 15) is 18.0 Å². The first-order valence-corrected chi connectivity index (χ1v) is 7.62. The number of anilines is 1. The average molecular weight is 353 g/mol. The highest BCUT2D eigenvalue weighted by molar-refractivity contribution is 5.85. The lowest BCUT2D eigenvalue weighted by Gasteiger charge is -2.15. The molecule has 1 N–H and O–H groups in total. The number of methoxy groups -OCH3 is 1. The molecule has 0 aliphatic carbocycles. The second-order valence-corrected chi connectivity index (χ2v) is 5.20. The monoisotopic (exact) mass is 353 g/mol. The maximum absolute atomic E-state index is 14.1. The predicted octanol–water partition coefficient (Wildman–Crippen LogP) is 5.08. The zero-order valence-electron chi connectivity index (χ0n) is 13.8. The van der Waals surface area contributed by atoms with Crippen molar-refractivity contribution in [3.05, 3.63) is 58.9 Å². The van der Waals surface area contributed by atoms with Crippen LogP contribution >= 0.6 is 0 Å². The van der Waals surface area contributed by atoms with Gasteiger partial charge in [-0.2, -0.15) is 0 Å². The molecule has 2 rings (SSSR count). The number of nitrogens with one attached hydrogen (secondary N) is 1. The molecule has 134 valence electrons. The average Bonchev–Trinajstić information content (AvgIpc) is 2.60. The van der Waals surface area contributed by atoms with Crippen molar-refractivity contribution >= 4 is 11.8 Å². The lowest BCUT2D eigenvalue weighted by atomic mass is 10.1. The maximum Gasteiger partial charge on any atom is 0.411 e. The predicted molar refractivity (Wildman–Crippen MR) is 87.5 cm³/mol. The Balaban J connectivity index is 2.26. The number of amides is 1. The van der Waals surface area contributed by atoms with E-state index in [4.69, 9.17) is 4.74 Å². The van der Waals surface area contributed by atoms with E-state index in [2.05, 4.69) is 10.1 Å². The van der Waals surface area contributed by atoms with Crippen LogP contribution in [0.3, 0.4) is 0 Å². The summed E-state index contributed by atoms with van der Waals surface area (Å²) in [7, 11) is 1.18. The molecule has 4 nitrogen and oxygen atoms in total. The molecule has 0 aliphatic rings. The number of benzene rings is 2. The summed E-state index contributed by atoms with van der Waals surface area (Å²) in [6, 6.07) is 8.55. The van der Waals surface area contributed by atoms with Crippen LogP contribution in [-0.4, -0.2) is 13.2 Å². The fourth-order valence-electron chi connectivity index (χ4n) is 2.25. The fraction of sp³-hybridized carbons (Fsp3) is 0.278. The highest BCUT2D eigenvalue weighted by Gasteiger charge is 2.17. The summed E-state index contributed by atoms with van der Waals surface area (Å²) in [5.41, 5.74) is 0.683. The van der Waals surface area contributed by atoms with Gasteiger partial charge in [0, 0.05) is 5.56 Å². The Morgan fingerprint density at radius 3 is 2.64 bits per heavy atom. The summed E-state index contributed by atoms with van der Waals surface area (Å²) >= 11 is 0. The molecule has 0 spiro atoms. The molecule has 2 aromatic rings. The molecule has 0 bridgehead atoms. The van der Waals surface area contributed by atoms with Gasteiger partial charge < -0.3 is 9.47 Å². The van der Waals surface area contributed by atoms with E-state index in [1.165, 1.54) is 37.4 Å². The molecule has 0 saturated heterocycles. The standard InChI is InChI=1S/C18H18F3NO3/c1-3-11-7-8-16(12(9-11)17(20)21)25-10-13-14(19)5-4-6-15(13)22-18(23)24-2/h4-9,17H,3,10H2,1-2H3,(H,22,23). The van der Waals surface area contributed by atoms with E-state index < -0.39 is 18.3 Å². The highest BCUT2D eigenvalue weighted by atomic mass is 19.3. The zero-order chi connectivity index (χ0) is 18.4. The fourth-order valence-corrected chi connectivity index (χ4v) is 2.25. The number of alkyl halides is 2. The van der Waals surface area contributed by atoms with Gasteiger partial charge in [-0.3, -0.25) is 5.32 Å². The Morgan fingerprint density at radius 1 is 1.24 bits per heavy atom. The summed E-state index contributed by atoms with van der Waals surface area (Å²) in [4.78, 5) is 11.3. The molecule has 0 unspecified atom stereocenters. The quantitative estimate of drug-likeness (QED) is 0.787. The molecule has 1 amide bonds. The van der Waals surface area contributed by atoms with Crippen molar-refractivity contribution in [2.24, 2.45) is 0 Å². The van der Waals surface area contributed by atoms with Crippen LogP contribution in [0.5, 0.6) is 5.75 Å². The lowest BCUT2D eigenvalue weighted by Crippen LogP contribution is -2.14. The molecular weight excluding hydrogens is 335 g/mol. The number of hydrogen-bond donors (Lipinski definition) is 1. The summed E-state index contributed by atoms with van der Waals surface area (Å²) in [5, 5.41) is 2.36. The normalized spacial score (nSPS) is 10.6. The second-order valence-electron chi connectivity index (χ2n) is 5.20. The van der Waals surface area contributed by atoms with Crippen LogP contribution in [-0.2, 0) is 17.8 Å². The van der Waals surface area contributed by atoms with Gasteiger partial charge in [-0.1, -0.05) is 19.1 Å². The Labute approximate surface area is 143 Å². The second kappa shape index (κ2) is 8.41. The van der Waals surface area contributed by atoms with Crippen molar-refractivity contribution in [1.82, 2.24) is 0 Å². The van der Waals surface area contributed by atoms with Gasteiger partial charge in [-0.05, 0) is 36.2 Å². The smallest absolute Gasteiger partial charge is 0.411 e. The first-order chi connectivity index (χ1) is 12.0. The Kier molecular flexibility index (Phi) is 6.27. The molecule has 25 heavy (non-hydrogen) atoms. The lowest BCUT2D eigenvalue weighted by molar-refractivity contribution is 0.144. The molecule has 2 aromatic carbocycles. The number of rotatable bonds is 6. The molecule has 0 aromatic heterocycles. The van der Waals surface area contributed by atoms with E-state index in [1.807, 2.05) is 6.92 Å². The Morgan fingerprint density at radius 2 is 2.00 bits per heavy atom. The first kappa shape index (κ1) is 18.6. The SMILES string of the molecule is CCc1ccc(OCc2c(F)cccc2NC(=O)OC)c(C(F)F)c1. The molecular formula is C18H18F3NO3. The van der Waals surface area contributed by atoms with Crippen LogP contribution in [0.1, 0.15) is 30.0 Å². The van der Waals surface area contributed by atoms with E-state index in [1.54, 1.807) is 6.07 Å². The van der Waals surface area contributed by atoms with Crippen molar-refractivity contribution in [2.75, 3.05) is 12.4 Å². The third-order valence-electron chi connectivity index (χ3n) is 3.63. The molecule has 0 atom stereocenters. The van der Waals surface area contributed by atoms with E-state index in [-0.39, 0.29) is 29.2 Å². The van der Waals surface area contributed by atoms with Gasteiger partial charge in [0.2, 0.25) is 0 Å². The van der Waals surface area contributed by atoms with Crippen LogP contribution in [0.4, 0.5) is 23.7 Å². The first-order valence-electron chi connectivity index (χ1n) is 7.62. The summed E-state index contributed by atoms with van der Waals surface area (Å²) in [6.07, 6.45) is -2.87. The van der Waals surface area contributed by atoms with Crippen molar-refractivity contribution in [3.63, 3.8) is 0 Å². The van der Waals surface area contributed by atoms with Crippen LogP contribution in [0.25, 0.3) is 0 Å². The molecule has 0 saturated carbocycles. The summed E-state index contributed by atoms with van der Waals surface area (Å²) < 4.78 is 50.4. The minimum absolute atomic E-state index is 0.0283. The van der Waals surface area contributed by atoms with Crippen molar-refractivity contribution in [1.29, 1.82) is 0 Å². The third kappa shape index (κ3) is 4.65. The summed E-state index contributed by atoms with van der Waals surface area (Å²) in [5.74, 6) is -0.655. The van der Waals surface area contributed by atoms with Crippen LogP contribution in [0.2, 0.25) is 0 Å². The largest absolute Gasteiger partial charge is 0.488 e. The maximum atomic E-state index is 14.1. The molecule has 0 aliphatic heterocycles. The van der Waals surface area contributed by atoms with Crippen LogP contribution < -0.4 is 10.1 Å². The van der Waals surface area contributed by atoms with Crippen molar-refractivity contribution < 1.29 is 27.4 Å². The number of carbonyl (C=O) groups excluding carboxylic acids is 1. The van der Waals surface area contributed by atoms with Gasteiger partial charge in [-0.25, -0.2) is 18.0 Å². The van der Waals surface area contributed by atoms with Gasteiger partial charge in [-0.15, -0.1) is 0 Å². The minimum Gasteiger partial charge on any atom is -0.488 e. The molecule has 0 heterocycles. The minimum atomic E-state index is -2.71. The van der Waals surface area contributed by atoms with E-state index in [0.29, 0.717) is 6.42 Å². The number of hydrogen-bond acceptors (Lipinski definition) is 3. The van der Waals surface area contributed by atoms with Crippen molar-refractivity contribution in [2.45, 2.75) is 26.4 Å². The number of carbonyl (C=O) groups is 1. The third-order valence-corrected chi connectivity index (χ3v) is 3.63. The van der Waals surface area contributed by atoms with Crippen LogP contribution in [0.15, 0.2) is 36.4 Å². The van der Waals surface area contributed by atoms with Crippen molar-refractivity contribution in [3.8, 4) is 5.75 Å². The molecule has 0 radical (unpaired) electrons. The summed E-state index contributed by atoms with van der Waals surface area (Å²) in [6.45, 7) is 1.53. The van der Waals surface area contributed by atoms with Gasteiger partial charge >= 0.3 is 6.09 Å². The Hall–Kier alpha value is -2.70. The topological polar surface area (TPSA) is 47.6 Å². The molecule has 7 heteroatoms. The van der Waals surface area contributed by atoms with Gasteiger partial charge in [0.25, 0.3) is 6.43 Å². The highest BCUT2D eigenvalue weighted by Crippen LogP contribution is 2.31. The van der Waals surface area contributed by atoms with Gasteiger partial charge in [0.1, 0.15) is 18.2 Å². The van der Waals surface area contributed by atoms with Gasteiger partial charge in [0.05, 0.1) is 18.4 Å².